The summed E-state index contributed by atoms with van der Waals surface area (Å²) in [5, 5.41) is 9.19. The fourth-order valence-electron chi connectivity index (χ4n) is 7.53. The number of nitrogens with one attached hydrogen (secondary N) is 2. The molecule has 5 heterocycles. The lowest BCUT2D eigenvalue weighted by Gasteiger charge is -2.35. The predicted molar refractivity (Wildman–Crippen MR) is 240 cm³/mol. The van der Waals surface area contributed by atoms with Gasteiger partial charge in [0, 0.05) is 90.6 Å². The number of fused-ring (bicyclic) bond motifs is 2. The van der Waals surface area contributed by atoms with E-state index in [0.29, 0.717) is 33.6 Å². The Balaban J connectivity index is 0.000000180. The molecule has 0 aliphatic carbocycles. The summed E-state index contributed by atoms with van der Waals surface area (Å²) < 4.78 is 11.0. The van der Waals surface area contributed by atoms with E-state index < -0.39 is 5.97 Å². The number of carboxylic acid groups (broad SMARTS) is 1. The van der Waals surface area contributed by atoms with Crippen LogP contribution in [0.4, 0.5) is 0 Å². The van der Waals surface area contributed by atoms with Gasteiger partial charge in [-0.3, -0.25) is 9.69 Å². The van der Waals surface area contributed by atoms with Gasteiger partial charge in [-0.15, -0.1) is 0 Å². The molecule has 14 nitrogen and oxygen atoms in total. The molecule has 1 amide bonds. The summed E-state index contributed by atoms with van der Waals surface area (Å²) in [6.45, 7) is 5.35. The summed E-state index contributed by atoms with van der Waals surface area (Å²) in [7, 11) is 7.47. The van der Waals surface area contributed by atoms with Crippen LogP contribution in [0.1, 0.15) is 20.7 Å². The Kier molecular flexibility index (Phi) is 12.3. The predicted octanol–water partition coefficient (Wildman–Crippen LogP) is 7.62. The molecule has 62 heavy (non-hydrogen) atoms. The van der Waals surface area contributed by atoms with Crippen molar-refractivity contribution < 1.29 is 24.2 Å². The van der Waals surface area contributed by atoms with Gasteiger partial charge >= 0.3 is 5.97 Å². The first kappa shape index (κ1) is 41.3. The van der Waals surface area contributed by atoms with Crippen LogP contribution in [0, 0.1) is 0 Å². The molecule has 0 atom stereocenters. The molecule has 1 aliphatic heterocycles. The molecule has 4 aromatic carbocycles. The van der Waals surface area contributed by atoms with E-state index in [1.807, 2.05) is 96.2 Å². The van der Waals surface area contributed by atoms with Gasteiger partial charge in [-0.25, -0.2) is 24.7 Å². The van der Waals surface area contributed by atoms with E-state index in [2.05, 4.69) is 43.8 Å². The summed E-state index contributed by atoms with van der Waals surface area (Å²) in [5.41, 5.74) is 10.3. The van der Waals surface area contributed by atoms with Gasteiger partial charge in [0.2, 0.25) is 0 Å². The van der Waals surface area contributed by atoms with Crippen LogP contribution in [0.5, 0.6) is 11.5 Å². The molecule has 0 bridgehead atoms. The zero-order valence-electron chi connectivity index (χ0n) is 35.0. The van der Waals surface area contributed by atoms with Crippen molar-refractivity contribution in [3.05, 3.63) is 133 Å². The molecule has 0 spiro atoms. The number of benzene rings is 4. The minimum atomic E-state index is -0.975. The second-order valence-corrected chi connectivity index (χ2v) is 15.1. The van der Waals surface area contributed by atoms with Crippen molar-refractivity contribution >= 4 is 34.2 Å². The number of H-pyrrole nitrogens is 2. The third-order valence-corrected chi connectivity index (χ3v) is 10.9. The highest BCUT2D eigenvalue weighted by Gasteiger charge is 2.23. The van der Waals surface area contributed by atoms with Crippen LogP contribution >= 0.6 is 0 Å². The monoisotopic (exact) mass is 829 g/mol. The average Bonchev–Trinajstić information content (AvgIpc) is 3.95. The number of nitrogens with zero attached hydrogens (tertiary/aromatic N) is 7. The van der Waals surface area contributed by atoms with Crippen molar-refractivity contribution in [3.8, 4) is 56.3 Å². The Labute approximate surface area is 358 Å². The highest BCUT2D eigenvalue weighted by molar-refractivity contribution is 5.97. The quantitative estimate of drug-likeness (QED) is 0.117. The number of aromatic nitrogens is 6. The molecule has 0 unspecified atom stereocenters. The van der Waals surface area contributed by atoms with Crippen molar-refractivity contribution in [1.29, 1.82) is 0 Å². The van der Waals surface area contributed by atoms with Gasteiger partial charge in [0.15, 0.2) is 11.3 Å². The number of carboxylic acids is 1. The van der Waals surface area contributed by atoms with Gasteiger partial charge in [0.1, 0.15) is 22.5 Å². The molecule has 3 N–H and O–H groups in total. The van der Waals surface area contributed by atoms with Crippen LogP contribution in [0.2, 0.25) is 0 Å². The maximum atomic E-state index is 13.3. The molecule has 1 aliphatic rings. The SMILES string of the molecule is COc1ccccc1-c1c[nH]c2ncc(-c3cccc(C(=O)N4CCN(CCN(C)C)CC4)c3)nc12.COc1ccccc1-c1c[nH]c2ncc(-c3cccc(C(=O)O)c3)nc12. The number of aromatic carboxylic acids is 1. The number of rotatable bonds is 11. The highest BCUT2D eigenvalue weighted by atomic mass is 16.5. The molecule has 1 saturated heterocycles. The smallest absolute Gasteiger partial charge is 0.335 e. The number of carbonyl (C=O) groups excluding carboxylic acids is 1. The molecule has 9 rings (SSSR count). The minimum Gasteiger partial charge on any atom is -0.496 e. The van der Waals surface area contributed by atoms with Gasteiger partial charge in [-0.2, -0.15) is 0 Å². The number of aromatic amines is 2. The molecule has 8 aromatic rings. The van der Waals surface area contributed by atoms with Gasteiger partial charge in [0.25, 0.3) is 5.91 Å². The van der Waals surface area contributed by atoms with Crippen LogP contribution in [0.15, 0.2) is 122 Å². The van der Waals surface area contributed by atoms with Crippen molar-refractivity contribution in [3.63, 3.8) is 0 Å². The van der Waals surface area contributed by atoms with Crippen LogP contribution < -0.4 is 9.47 Å². The minimum absolute atomic E-state index is 0.0644. The van der Waals surface area contributed by atoms with E-state index in [-0.39, 0.29) is 11.5 Å². The second kappa shape index (κ2) is 18.5. The summed E-state index contributed by atoms with van der Waals surface area (Å²) in [5.74, 6) is 0.611. The first-order chi connectivity index (χ1) is 30.2. The van der Waals surface area contributed by atoms with Gasteiger partial charge < -0.3 is 34.3 Å². The fraction of sp³-hybridized carbons (Fsp3) is 0.208. The largest absolute Gasteiger partial charge is 0.496 e. The molecule has 0 radical (unpaired) electrons. The van der Waals surface area contributed by atoms with E-state index in [1.54, 1.807) is 44.8 Å². The number of methoxy groups -OCH3 is 2. The Morgan fingerprint density at radius 1 is 0.661 bits per heavy atom. The number of hydrogen-bond acceptors (Lipinski definition) is 10. The van der Waals surface area contributed by atoms with Gasteiger partial charge in [-0.1, -0.05) is 60.7 Å². The highest BCUT2D eigenvalue weighted by Crippen LogP contribution is 2.36. The lowest BCUT2D eigenvalue weighted by atomic mass is 10.1. The fourth-order valence-corrected chi connectivity index (χ4v) is 7.53. The van der Waals surface area contributed by atoms with E-state index in [1.165, 1.54) is 0 Å². The average molecular weight is 830 g/mol. The van der Waals surface area contributed by atoms with E-state index in [9.17, 15) is 14.7 Å². The number of carbonyl (C=O) groups is 2. The van der Waals surface area contributed by atoms with E-state index >= 15 is 0 Å². The van der Waals surface area contributed by atoms with Crippen molar-refractivity contribution in [1.82, 2.24) is 44.6 Å². The maximum Gasteiger partial charge on any atom is 0.335 e. The molecule has 0 saturated carbocycles. The molecular formula is C48H47N9O5. The lowest BCUT2D eigenvalue weighted by Crippen LogP contribution is -2.49. The number of piperazine rings is 1. The van der Waals surface area contributed by atoms with Crippen molar-refractivity contribution in [2.24, 2.45) is 0 Å². The Morgan fingerprint density at radius 3 is 1.66 bits per heavy atom. The second-order valence-electron chi connectivity index (χ2n) is 15.1. The van der Waals surface area contributed by atoms with Crippen LogP contribution in [0.3, 0.4) is 0 Å². The topological polar surface area (TPSA) is 166 Å². The third kappa shape index (κ3) is 8.87. The molecule has 14 heteroatoms. The Hall–Kier alpha value is -7.42. The number of ether oxygens (including phenoxy) is 2. The van der Waals surface area contributed by atoms with Gasteiger partial charge in [-0.05, 0) is 50.5 Å². The van der Waals surface area contributed by atoms with Crippen LogP contribution in [-0.2, 0) is 0 Å². The first-order valence-corrected chi connectivity index (χ1v) is 20.3. The standard InChI is InChI=1S/C28H32N6O2.C20H15N3O3/c1-32(2)11-12-33-13-15-34(16-14-33)28(35)21-8-6-7-20(17-21)24-19-30-27-26(31-24)23(18-29-27)22-9-4-5-10-25(22)36-3;1-26-17-8-3-2-7-14(17)15-10-21-19-18(15)23-16(11-22-19)12-5-4-6-13(9-12)20(24)25/h4-10,17-19H,11-16H2,1-3H3,(H,29,30);2-11H,1H3,(H,21,22)(H,24,25). The summed E-state index contributed by atoms with van der Waals surface area (Å²) in [6.07, 6.45) is 7.13. The summed E-state index contributed by atoms with van der Waals surface area (Å²) in [6, 6.07) is 29.9. The number of para-hydroxylation sites is 2. The maximum absolute atomic E-state index is 13.3. The normalized spacial score (nSPS) is 13.0. The number of amides is 1. The molecular weight excluding hydrogens is 783 g/mol. The number of likely N-dealkylation sites (N-methyl/N-ethyl adjacent to an activating group) is 1. The zero-order chi connectivity index (χ0) is 43.2. The summed E-state index contributed by atoms with van der Waals surface area (Å²) in [4.78, 5) is 56.1. The van der Waals surface area contributed by atoms with E-state index in [0.717, 1.165) is 89.8 Å². The van der Waals surface area contributed by atoms with E-state index in [4.69, 9.17) is 19.4 Å². The number of hydrogen-bond donors (Lipinski definition) is 3. The zero-order valence-corrected chi connectivity index (χ0v) is 35.0. The van der Waals surface area contributed by atoms with Crippen molar-refractivity contribution in [2.75, 3.05) is 67.6 Å². The Morgan fingerprint density at radius 2 is 1.16 bits per heavy atom. The van der Waals surface area contributed by atoms with Crippen LogP contribution in [-0.4, -0.2) is 129 Å². The molecule has 4 aromatic heterocycles. The molecule has 314 valence electrons. The Bertz CT molecular complexity index is 2860. The first-order valence-electron chi connectivity index (χ1n) is 20.3. The van der Waals surface area contributed by atoms with Crippen LogP contribution in [0.25, 0.3) is 67.1 Å². The van der Waals surface area contributed by atoms with Crippen molar-refractivity contribution in [2.45, 2.75) is 0 Å². The summed E-state index contributed by atoms with van der Waals surface area (Å²) >= 11 is 0. The third-order valence-electron chi connectivity index (χ3n) is 10.9. The lowest BCUT2D eigenvalue weighted by molar-refractivity contribution is 0.0629. The van der Waals surface area contributed by atoms with Gasteiger partial charge in [0.05, 0.1) is 43.6 Å². The molecule has 1 fully saturated rings.